The lowest BCUT2D eigenvalue weighted by atomic mass is 9.34. The Balaban J connectivity index is 0.0000000985. The maximum Gasteiger partial charge on any atom is 0.256 e. The standard InChI is InChI=1S/C36H20BNO2.C36H22BrNO2.C18H11BrFN.C18H12O2/c1-3-14-29-23(8-1)25-11-6-13-28-35(25)38(29)30-15-7-17-32-34(30)37(28)27-19-18-21(20-33(27)39-32)22-10-5-12-26-24-9-2-4-16-31(24)40-36(22)26;37-35-32(38-30-17-4-1-12-26(30)27-13-2-5-18-31(27)38)19-9-21-34(35)39-24-11-7-10-23(22-24)25-15-8-16-29-28-14-3-6-20-33(28)40-36(25)29;19-18-14(20)8-5-11-17(18)21-15-9-3-1-6-12(15)13-7-2-4-10-16(13)21;19-13-6-3-5-12(11-13)14-8-4-9-16-15-7-1-2-10-17(15)20-18(14)16/h1-20H;1-22H;1-11H;1-11,19H. The molecular formula is C108H65BBr2FN3O6. The highest BCUT2D eigenvalue weighted by Crippen LogP contribution is 2.46. The van der Waals surface area contributed by atoms with Gasteiger partial charge in [0.2, 0.25) is 0 Å². The second-order valence-electron chi connectivity index (χ2n) is 30.5. The van der Waals surface area contributed by atoms with Crippen molar-refractivity contribution in [2.45, 2.75) is 0 Å². The smallest absolute Gasteiger partial charge is 0.256 e. The molecule has 0 spiro atoms. The van der Waals surface area contributed by atoms with Crippen LogP contribution in [0.5, 0.6) is 28.7 Å². The molecule has 0 bridgehead atoms. The van der Waals surface area contributed by atoms with Crippen molar-refractivity contribution in [3.05, 3.63) is 403 Å². The van der Waals surface area contributed by atoms with Gasteiger partial charge in [0.15, 0.2) is 0 Å². The number of phenolic OH excluding ortho intramolecular Hbond substituents is 1. The largest absolute Gasteiger partial charge is 0.508 e. The van der Waals surface area contributed by atoms with Gasteiger partial charge in [-0.25, -0.2) is 4.39 Å². The van der Waals surface area contributed by atoms with Crippen molar-refractivity contribution < 1.29 is 32.2 Å². The van der Waals surface area contributed by atoms with Gasteiger partial charge in [0.05, 0.1) is 47.9 Å². The van der Waals surface area contributed by atoms with Crippen LogP contribution < -0.4 is 25.9 Å². The number of fused-ring (bicyclic) bond motifs is 22. The molecule has 18 aromatic carbocycles. The minimum atomic E-state index is -0.255. The Morgan fingerprint density at radius 1 is 0.298 bits per heavy atom. The van der Waals surface area contributed by atoms with Crippen LogP contribution in [0.1, 0.15) is 0 Å². The maximum atomic E-state index is 13.9. The molecule has 1 N–H and O–H groups in total. The summed E-state index contributed by atoms with van der Waals surface area (Å²) >= 11 is 7.26. The predicted octanol–water partition coefficient (Wildman–Crippen LogP) is 28.8. The van der Waals surface area contributed by atoms with Gasteiger partial charge < -0.3 is 41.5 Å². The zero-order valence-corrected chi connectivity index (χ0v) is 67.7. The quantitative estimate of drug-likeness (QED) is 0.160. The van der Waals surface area contributed by atoms with E-state index in [-0.39, 0.29) is 18.3 Å². The molecule has 0 saturated carbocycles. The summed E-state index contributed by atoms with van der Waals surface area (Å²) in [7, 11) is 0. The van der Waals surface area contributed by atoms with Gasteiger partial charge in [-0.1, -0.05) is 273 Å². The maximum absolute atomic E-state index is 13.9. The number of halogens is 3. The van der Waals surface area contributed by atoms with Crippen molar-refractivity contribution in [1.29, 1.82) is 0 Å². The zero-order valence-electron chi connectivity index (χ0n) is 64.5. The SMILES string of the molecule is Brc1c(Oc2cccc(-c3cccc4c3oc3ccccc34)c2)cccc1-n1c2ccccc2c2ccccc21.Fc1cccc(-n2c3ccccc3c3ccccc32)c1Br.Oc1cccc(-c2cccc3c2oc2ccccc23)c1.c1cc2c3c(c1)-n1c4ccccc4c4cccc(c41)B3c1ccc(-c3cccc4c3oc3ccccc34)cc1O2. The van der Waals surface area contributed by atoms with Crippen LogP contribution in [0.3, 0.4) is 0 Å². The molecule has 0 amide bonds. The molecule has 2 aliphatic heterocycles. The third-order valence-corrected chi connectivity index (χ3v) is 25.3. The van der Waals surface area contributed by atoms with Crippen LogP contribution >= 0.6 is 31.9 Å². The van der Waals surface area contributed by atoms with E-state index >= 15 is 0 Å². The first kappa shape index (κ1) is 71.4. The Morgan fingerprint density at radius 3 is 1.22 bits per heavy atom. The summed E-state index contributed by atoms with van der Waals surface area (Å²) in [4.78, 5) is 0. The highest BCUT2D eigenvalue weighted by atomic mass is 79.9. The molecule has 121 heavy (non-hydrogen) atoms. The van der Waals surface area contributed by atoms with Gasteiger partial charge in [-0.3, -0.25) is 0 Å². The van der Waals surface area contributed by atoms with E-state index < -0.39 is 0 Å². The average molecular weight is 1690 g/mol. The average Bonchev–Trinajstić information content (AvgIpc) is 1.63. The summed E-state index contributed by atoms with van der Waals surface area (Å²) in [6.45, 7) is 0.103. The minimum Gasteiger partial charge on any atom is -0.508 e. The number of benzene rings is 18. The Kier molecular flexibility index (Phi) is 17.1. The van der Waals surface area contributed by atoms with Gasteiger partial charge in [0.1, 0.15) is 68.1 Å². The molecule has 6 aromatic heterocycles. The van der Waals surface area contributed by atoms with Crippen LogP contribution in [-0.2, 0) is 0 Å². The summed E-state index contributed by atoms with van der Waals surface area (Å²) < 4.78 is 54.0. The number of phenols is 1. The molecule has 13 heteroatoms. The van der Waals surface area contributed by atoms with E-state index in [1.165, 1.54) is 71.5 Å². The molecule has 0 radical (unpaired) electrons. The molecule has 0 atom stereocenters. The summed E-state index contributed by atoms with van der Waals surface area (Å²) in [5.74, 6) is 3.34. The van der Waals surface area contributed by atoms with E-state index in [2.05, 4.69) is 282 Å². The summed E-state index contributed by atoms with van der Waals surface area (Å²) in [5.41, 5.74) is 25.3. The van der Waals surface area contributed by atoms with Gasteiger partial charge >= 0.3 is 0 Å². The zero-order chi connectivity index (χ0) is 80.5. The van der Waals surface area contributed by atoms with Crippen LogP contribution in [0.15, 0.2) is 410 Å². The Hall–Kier alpha value is -14.9. The third kappa shape index (κ3) is 11.8. The first-order valence-corrected chi connectivity index (χ1v) is 41.8. The van der Waals surface area contributed by atoms with Crippen LogP contribution in [0.25, 0.3) is 182 Å². The lowest BCUT2D eigenvalue weighted by Gasteiger charge is -2.33. The minimum absolute atomic E-state index is 0.103. The second kappa shape index (κ2) is 29.0. The van der Waals surface area contributed by atoms with E-state index in [0.717, 1.165) is 160 Å². The third-order valence-electron chi connectivity index (χ3n) is 23.7. The molecule has 0 aliphatic carbocycles. The Morgan fingerprint density at radius 2 is 0.694 bits per heavy atom. The molecule has 572 valence electrons. The number of ether oxygens (including phenoxy) is 2. The van der Waals surface area contributed by atoms with E-state index in [4.69, 9.17) is 22.7 Å². The number of hydrogen-bond donors (Lipinski definition) is 1. The Labute approximate surface area is 709 Å². The van der Waals surface area contributed by atoms with E-state index in [0.29, 0.717) is 4.47 Å². The van der Waals surface area contributed by atoms with E-state index in [9.17, 15) is 9.50 Å². The van der Waals surface area contributed by atoms with Gasteiger partial charge in [0, 0.05) is 92.5 Å². The number of furan rings is 3. The molecule has 0 saturated heterocycles. The normalized spacial score (nSPS) is 12.0. The van der Waals surface area contributed by atoms with Crippen LogP contribution in [-0.4, -0.2) is 25.5 Å². The first-order chi connectivity index (χ1) is 59.7. The van der Waals surface area contributed by atoms with Crippen molar-refractivity contribution in [2.24, 2.45) is 0 Å². The van der Waals surface area contributed by atoms with Gasteiger partial charge in [-0.05, 0) is 180 Å². The highest BCUT2D eigenvalue weighted by Gasteiger charge is 2.40. The van der Waals surface area contributed by atoms with Crippen molar-refractivity contribution in [3.8, 4) is 79.2 Å². The number of aromatic hydroxyl groups is 1. The van der Waals surface area contributed by atoms with Crippen molar-refractivity contribution in [3.63, 3.8) is 0 Å². The van der Waals surface area contributed by atoms with Crippen LogP contribution in [0.4, 0.5) is 4.39 Å². The highest BCUT2D eigenvalue weighted by molar-refractivity contribution is 9.11. The fourth-order valence-electron chi connectivity index (χ4n) is 18.5. The number of nitrogens with zero attached hydrogens (tertiary/aromatic N) is 3. The molecule has 9 nitrogen and oxygen atoms in total. The first-order valence-electron chi connectivity index (χ1n) is 40.2. The molecular weight excluding hydrogens is 1620 g/mol. The molecule has 24 aromatic rings. The molecule has 2 aliphatic rings. The monoisotopic (exact) mass is 1690 g/mol. The molecule has 0 unspecified atom stereocenters. The Bertz CT molecular complexity index is 8250. The molecule has 8 heterocycles. The van der Waals surface area contributed by atoms with Crippen LogP contribution in [0, 0.1) is 5.82 Å². The molecule has 26 rings (SSSR count). The summed E-state index contributed by atoms with van der Waals surface area (Å²) in [6.07, 6.45) is 0. The topological polar surface area (TPSA) is 92.9 Å². The number of para-hydroxylation sites is 12. The van der Waals surface area contributed by atoms with Gasteiger partial charge in [-0.2, -0.15) is 0 Å². The van der Waals surface area contributed by atoms with Crippen molar-refractivity contribution in [2.75, 3.05) is 0 Å². The van der Waals surface area contributed by atoms with Crippen LogP contribution in [0.2, 0.25) is 0 Å². The number of hydrogen-bond acceptors (Lipinski definition) is 6. The fraction of sp³-hybridized carbons (Fsp3) is 0. The van der Waals surface area contributed by atoms with Gasteiger partial charge in [-0.15, -0.1) is 0 Å². The second-order valence-corrected chi connectivity index (χ2v) is 32.1. The van der Waals surface area contributed by atoms with Gasteiger partial charge in [0.25, 0.3) is 6.71 Å². The van der Waals surface area contributed by atoms with E-state index in [1.54, 1.807) is 18.2 Å². The summed E-state index contributed by atoms with van der Waals surface area (Å²) in [6, 6.07) is 132. The summed E-state index contributed by atoms with van der Waals surface area (Å²) in [5, 5.41) is 23.7. The number of aromatic nitrogens is 3. The lowest BCUT2D eigenvalue weighted by Crippen LogP contribution is -2.58. The lowest BCUT2D eigenvalue weighted by molar-refractivity contribution is 0.475. The predicted molar refractivity (Wildman–Crippen MR) is 502 cm³/mol. The number of rotatable bonds is 7. The molecule has 0 fully saturated rings. The van der Waals surface area contributed by atoms with Crippen molar-refractivity contribution >= 4 is 186 Å². The van der Waals surface area contributed by atoms with E-state index in [1.807, 2.05) is 127 Å². The van der Waals surface area contributed by atoms with Crippen molar-refractivity contribution in [1.82, 2.24) is 13.7 Å². The fourth-order valence-corrected chi connectivity index (χ4v) is 19.5.